The Bertz CT molecular complexity index is 1340. The predicted octanol–water partition coefficient (Wildman–Crippen LogP) is 6.52. The topological polar surface area (TPSA) is 56.6 Å². The van der Waals surface area contributed by atoms with Crippen LogP contribution in [0.2, 0.25) is 0 Å². The number of hydrogen-bond donors (Lipinski definition) is 0. The second-order valence-corrected chi connectivity index (χ2v) is 10.2. The van der Waals surface area contributed by atoms with Gasteiger partial charge in [-0.05, 0) is 93.2 Å². The Kier molecular flexibility index (Phi) is 10.2. The molecule has 0 bridgehead atoms. The third kappa shape index (κ3) is 8.47. The number of esters is 1. The molecule has 3 aromatic carbocycles. The lowest BCUT2D eigenvalue weighted by Gasteiger charge is -2.23. The number of rotatable bonds is 14. The molecule has 1 atom stereocenters. The van der Waals surface area contributed by atoms with E-state index in [-0.39, 0.29) is 30.6 Å². The molecule has 0 aliphatic rings. The van der Waals surface area contributed by atoms with Gasteiger partial charge in [0.25, 0.3) is 0 Å². The molecule has 4 rings (SSSR count). The quantitative estimate of drug-likeness (QED) is 0.137. The average Bonchev–Trinajstić information content (AvgIpc) is 3.46. The largest absolute Gasteiger partial charge is 0.461 e. The SMILES string of the molecule is CC(C)OC(=O)COC(CCN(C)CCCCc1ccc(-n2ccnc2)cc1F)c1ccc2ccccc2c1. The molecule has 4 aromatic rings. The van der Waals surface area contributed by atoms with Crippen LogP contribution in [0.15, 0.2) is 79.4 Å². The van der Waals surface area contributed by atoms with Gasteiger partial charge in [0.1, 0.15) is 12.4 Å². The van der Waals surface area contributed by atoms with Crippen molar-refractivity contribution in [3.05, 3.63) is 96.3 Å². The molecule has 0 saturated carbocycles. The number of halogens is 1. The standard InChI is InChI=1S/C32H38FN3O3/c1-24(2)39-32(37)22-38-31(28-12-11-25-8-4-5-10-27(25)20-28)15-18-35(3)17-7-6-9-26-13-14-29(21-30(26)33)36-19-16-34-23-36/h4-5,8,10-14,16,19-21,23-24,31H,6-7,9,15,17-18,22H2,1-3H3. The summed E-state index contributed by atoms with van der Waals surface area (Å²) < 4.78 is 27.7. The molecule has 0 N–H and O–H groups in total. The lowest BCUT2D eigenvalue weighted by atomic mass is 10.0. The third-order valence-corrected chi connectivity index (χ3v) is 6.76. The highest BCUT2D eigenvalue weighted by Gasteiger charge is 2.17. The number of hydrogen-bond acceptors (Lipinski definition) is 5. The van der Waals surface area contributed by atoms with Gasteiger partial charge in [0, 0.05) is 24.6 Å². The number of carbonyl (C=O) groups excluding carboxylic acids is 1. The molecular formula is C32H38FN3O3. The summed E-state index contributed by atoms with van der Waals surface area (Å²) in [5.74, 6) is -0.532. The second kappa shape index (κ2) is 14.0. The van der Waals surface area contributed by atoms with Crippen LogP contribution in [-0.2, 0) is 20.7 Å². The molecule has 39 heavy (non-hydrogen) atoms. The van der Waals surface area contributed by atoms with E-state index in [1.807, 2.05) is 38.1 Å². The number of nitrogens with zero attached hydrogens (tertiary/aromatic N) is 3. The van der Waals surface area contributed by atoms with E-state index < -0.39 is 0 Å². The van der Waals surface area contributed by atoms with E-state index in [0.29, 0.717) is 6.42 Å². The molecule has 0 fully saturated rings. The Morgan fingerprint density at radius 3 is 2.59 bits per heavy atom. The molecule has 0 aliphatic carbocycles. The number of carbonyl (C=O) groups is 1. The lowest BCUT2D eigenvalue weighted by Crippen LogP contribution is -2.25. The molecule has 1 aromatic heterocycles. The van der Waals surface area contributed by atoms with Crippen molar-refractivity contribution in [3.8, 4) is 5.69 Å². The summed E-state index contributed by atoms with van der Waals surface area (Å²) in [5, 5.41) is 2.32. The number of imidazole rings is 1. The summed E-state index contributed by atoms with van der Waals surface area (Å²) in [6.45, 7) is 5.29. The third-order valence-electron chi connectivity index (χ3n) is 6.76. The first-order valence-electron chi connectivity index (χ1n) is 13.6. The maximum Gasteiger partial charge on any atom is 0.332 e. The minimum Gasteiger partial charge on any atom is -0.461 e. The van der Waals surface area contributed by atoms with Gasteiger partial charge < -0.3 is 18.9 Å². The van der Waals surface area contributed by atoms with E-state index in [0.717, 1.165) is 54.6 Å². The number of ether oxygens (including phenoxy) is 2. The molecule has 206 valence electrons. The molecular weight excluding hydrogens is 493 g/mol. The molecule has 7 heteroatoms. The van der Waals surface area contributed by atoms with E-state index in [1.165, 1.54) is 5.39 Å². The zero-order valence-electron chi connectivity index (χ0n) is 23.1. The van der Waals surface area contributed by atoms with Crippen molar-refractivity contribution in [1.82, 2.24) is 14.5 Å². The van der Waals surface area contributed by atoms with Crippen LogP contribution < -0.4 is 0 Å². The molecule has 1 heterocycles. The maximum absolute atomic E-state index is 14.6. The van der Waals surface area contributed by atoms with Crippen molar-refractivity contribution in [3.63, 3.8) is 0 Å². The fraction of sp³-hybridized carbons (Fsp3) is 0.375. The summed E-state index contributed by atoms with van der Waals surface area (Å²) in [5.41, 5.74) is 2.56. The van der Waals surface area contributed by atoms with Gasteiger partial charge in [0.2, 0.25) is 0 Å². The van der Waals surface area contributed by atoms with Crippen LogP contribution in [0.3, 0.4) is 0 Å². The van der Waals surface area contributed by atoms with Crippen LogP contribution in [0.5, 0.6) is 0 Å². The summed E-state index contributed by atoms with van der Waals surface area (Å²) in [4.78, 5) is 18.4. The van der Waals surface area contributed by atoms with E-state index in [1.54, 1.807) is 29.4 Å². The fourth-order valence-electron chi connectivity index (χ4n) is 4.68. The first-order chi connectivity index (χ1) is 18.9. The van der Waals surface area contributed by atoms with Gasteiger partial charge in [-0.1, -0.05) is 42.5 Å². The maximum atomic E-state index is 14.6. The highest BCUT2D eigenvalue weighted by Crippen LogP contribution is 2.26. The van der Waals surface area contributed by atoms with Crippen LogP contribution in [0.4, 0.5) is 4.39 Å². The molecule has 6 nitrogen and oxygen atoms in total. The Balaban J connectivity index is 1.28. The molecule has 0 saturated heterocycles. The minimum atomic E-state index is -0.352. The molecule has 0 radical (unpaired) electrons. The summed E-state index contributed by atoms with van der Waals surface area (Å²) in [6, 6.07) is 19.9. The van der Waals surface area contributed by atoms with Crippen LogP contribution in [0.1, 0.15) is 50.3 Å². The molecule has 1 unspecified atom stereocenters. The van der Waals surface area contributed by atoms with E-state index in [2.05, 4.69) is 47.3 Å². The van der Waals surface area contributed by atoms with E-state index in [4.69, 9.17) is 9.47 Å². The zero-order valence-corrected chi connectivity index (χ0v) is 23.1. The monoisotopic (exact) mass is 531 g/mol. The summed E-state index contributed by atoms with van der Waals surface area (Å²) in [6.07, 6.45) is 8.06. The summed E-state index contributed by atoms with van der Waals surface area (Å²) >= 11 is 0. The van der Waals surface area contributed by atoms with Gasteiger partial charge in [-0.25, -0.2) is 14.2 Å². The van der Waals surface area contributed by atoms with Gasteiger partial charge in [0.15, 0.2) is 0 Å². The first-order valence-corrected chi connectivity index (χ1v) is 13.6. The molecule has 0 amide bonds. The Labute approximate surface area is 230 Å². The lowest BCUT2D eigenvalue weighted by molar-refractivity contribution is -0.155. The van der Waals surface area contributed by atoms with Crippen LogP contribution >= 0.6 is 0 Å². The van der Waals surface area contributed by atoms with E-state index >= 15 is 0 Å². The zero-order chi connectivity index (χ0) is 27.6. The fourth-order valence-corrected chi connectivity index (χ4v) is 4.68. The van der Waals surface area contributed by atoms with Crippen molar-refractivity contribution < 1.29 is 18.7 Å². The van der Waals surface area contributed by atoms with Crippen LogP contribution in [0.25, 0.3) is 16.5 Å². The minimum absolute atomic E-state index is 0.0788. The highest BCUT2D eigenvalue weighted by atomic mass is 19.1. The Morgan fingerprint density at radius 2 is 1.85 bits per heavy atom. The number of aryl methyl sites for hydroxylation is 1. The Hall–Kier alpha value is -3.55. The number of aromatic nitrogens is 2. The van der Waals surface area contributed by atoms with Crippen molar-refractivity contribution in [2.75, 3.05) is 26.7 Å². The van der Waals surface area contributed by atoms with Crippen LogP contribution in [-0.4, -0.2) is 53.3 Å². The number of fused-ring (bicyclic) bond motifs is 1. The van der Waals surface area contributed by atoms with Gasteiger partial charge in [-0.2, -0.15) is 0 Å². The van der Waals surface area contributed by atoms with Crippen molar-refractivity contribution in [2.45, 2.75) is 51.7 Å². The van der Waals surface area contributed by atoms with Crippen molar-refractivity contribution in [2.24, 2.45) is 0 Å². The van der Waals surface area contributed by atoms with Crippen molar-refractivity contribution in [1.29, 1.82) is 0 Å². The number of unbranched alkanes of at least 4 members (excludes halogenated alkanes) is 1. The molecule has 0 aliphatic heterocycles. The first kappa shape index (κ1) is 28.5. The normalized spacial score (nSPS) is 12.4. The van der Waals surface area contributed by atoms with E-state index in [9.17, 15) is 9.18 Å². The predicted molar refractivity (Wildman–Crippen MR) is 152 cm³/mol. The highest BCUT2D eigenvalue weighted by molar-refractivity contribution is 5.83. The van der Waals surface area contributed by atoms with Gasteiger partial charge in [-0.3, -0.25) is 0 Å². The Morgan fingerprint density at radius 1 is 1.03 bits per heavy atom. The van der Waals surface area contributed by atoms with Crippen molar-refractivity contribution >= 4 is 16.7 Å². The average molecular weight is 532 g/mol. The second-order valence-electron chi connectivity index (χ2n) is 10.2. The number of benzene rings is 3. The van der Waals surface area contributed by atoms with Gasteiger partial charge in [0.05, 0.1) is 18.5 Å². The summed E-state index contributed by atoms with van der Waals surface area (Å²) in [7, 11) is 2.09. The molecule has 0 spiro atoms. The van der Waals surface area contributed by atoms with Gasteiger partial charge >= 0.3 is 5.97 Å². The van der Waals surface area contributed by atoms with Crippen LogP contribution in [0, 0.1) is 5.82 Å². The smallest absolute Gasteiger partial charge is 0.332 e. The van der Waals surface area contributed by atoms with Gasteiger partial charge in [-0.15, -0.1) is 0 Å².